The molecule has 0 spiro atoms. The first-order valence-corrected chi connectivity index (χ1v) is 12.3. The van der Waals surface area contributed by atoms with Gasteiger partial charge in [-0.15, -0.1) is 0 Å². The Morgan fingerprint density at radius 2 is 1.65 bits per heavy atom. The van der Waals surface area contributed by atoms with Crippen molar-refractivity contribution < 1.29 is 22.7 Å². The van der Waals surface area contributed by atoms with Gasteiger partial charge in [0.1, 0.15) is 11.3 Å². The smallest absolute Gasteiger partial charge is 0.261 e. The maximum absolute atomic E-state index is 12.9. The molecule has 0 aliphatic rings. The topological polar surface area (TPSA) is 126 Å². The van der Waals surface area contributed by atoms with Crippen molar-refractivity contribution in [1.82, 2.24) is 4.98 Å². The Balaban J connectivity index is 1.59. The van der Waals surface area contributed by atoms with Crippen LogP contribution in [-0.4, -0.2) is 32.3 Å². The van der Waals surface area contributed by atoms with E-state index in [0.29, 0.717) is 32.3 Å². The second kappa shape index (κ2) is 9.49. The lowest BCUT2D eigenvalue weighted by molar-refractivity contribution is -0.114. The third kappa shape index (κ3) is 5.16. The van der Waals surface area contributed by atoms with E-state index < -0.39 is 10.0 Å². The van der Waals surface area contributed by atoms with Crippen molar-refractivity contribution >= 4 is 59.9 Å². The number of nitrogens with one attached hydrogen (secondary N) is 3. The molecule has 174 valence electrons. The zero-order valence-corrected chi connectivity index (χ0v) is 19.8. The summed E-state index contributed by atoms with van der Waals surface area (Å²) < 4.78 is 34.3. The van der Waals surface area contributed by atoms with Gasteiger partial charge < -0.3 is 10.1 Å². The number of hydrogen-bond donors (Lipinski definition) is 3. The molecule has 11 heteroatoms. The highest BCUT2D eigenvalue weighted by Crippen LogP contribution is 2.36. The molecule has 4 aromatic rings. The molecule has 0 bridgehead atoms. The number of aromatic nitrogens is 1. The fourth-order valence-corrected chi connectivity index (χ4v) is 5.12. The van der Waals surface area contributed by atoms with Crippen molar-refractivity contribution in [3.8, 4) is 5.75 Å². The standard InChI is InChI=1S/C23H20N4O5S2/c1-14(28)24-16-8-10-18(11-9-16)34(30,31)27-17-12-19(32-2)21-20(13-17)33-23(25-21)26-22(29)15-6-4-3-5-7-15/h3-13,27H,1-2H3,(H,24,28)(H,25,26,29). The van der Waals surface area contributed by atoms with E-state index in [4.69, 9.17) is 4.74 Å². The normalized spacial score (nSPS) is 11.1. The molecule has 0 unspecified atom stereocenters. The van der Waals surface area contributed by atoms with Crippen LogP contribution in [0.15, 0.2) is 71.6 Å². The fraction of sp³-hybridized carbons (Fsp3) is 0.0870. The molecule has 0 aliphatic heterocycles. The zero-order chi connectivity index (χ0) is 24.3. The molecular formula is C23H20N4O5S2. The molecule has 9 nitrogen and oxygen atoms in total. The van der Waals surface area contributed by atoms with E-state index in [-0.39, 0.29) is 22.4 Å². The number of anilines is 3. The number of sulfonamides is 1. The summed E-state index contributed by atoms with van der Waals surface area (Å²) in [6.45, 7) is 1.37. The number of benzene rings is 3. The molecule has 2 amide bonds. The average molecular weight is 497 g/mol. The molecule has 0 saturated heterocycles. The lowest BCUT2D eigenvalue weighted by atomic mass is 10.2. The Bertz CT molecular complexity index is 1470. The lowest BCUT2D eigenvalue weighted by Crippen LogP contribution is -2.13. The van der Waals surface area contributed by atoms with Gasteiger partial charge in [-0.3, -0.25) is 19.6 Å². The minimum atomic E-state index is -3.90. The number of amides is 2. The molecular weight excluding hydrogens is 476 g/mol. The Morgan fingerprint density at radius 1 is 0.941 bits per heavy atom. The van der Waals surface area contributed by atoms with Crippen LogP contribution in [0, 0.1) is 0 Å². The van der Waals surface area contributed by atoms with Crippen LogP contribution in [0.5, 0.6) is 5.75 Å². The Labute approximate surface area is 199 Å². The molecule has 0 saturated carbocycles. The third-order valence-electron chi connectivity index (χ3n) is 4.67. The summed E-state index contributed by atoms with van der Waals surface area (Å²) in [5.74, 6) is -0.201. The summed E-state index contributed by atoms with van der Waals surface area (Å²) in [5.41, 5.74) is 1.76. The van der Waals surface area contributed by atoms with Gasteiger partial charge in [0.05, 0.1) is 22.4 Å². The van der Waals surface area contributed by atoms with Crippen molar-refractivity contribution in [2.24, 2.45) is 0 Å². The summed E-state index contributed by atoms with van der Waals surface area (Å²) in [5, 5.41) is 5.70. The van der Waals surface area contributed by atoms with Gasteiger partial charge in [0.15, 0.2) is 5.13 Å². The second-order valence-electron chi connectivity index (χ2n) is 7.18. The molecule has 0 radical (unpaired) electrons. The molecule has 34 heavy (non-hydrogen) atoms. The first kappa shape index (κ1) is 23.2. The molecule has 1 heterocycles. The first-order valence-electron chi connectivity index (χ1n) is 10.0. The first-order chi connectivity index (χ1) is 16.2. The van der Waals surface area contributed by atoms with E-state index in [9.17, 15) is 18.0 Å². The van der Waals surface area contributed by atoms with Crippen LogP contribution in [0.1, 0.15) is 17.3 Å². The van der Waals surface area contributed by atoms with Crippen molar-refractivity contribution in [2.75, 3.05) is 22.5 Å². The quantitative estimate of drug-likeness (QED) is 0.350. The zero-order valence-electron chi connectivity index (χ0n) is 18.2. The maximum Gasteiger partial charge on any atom is 0.261 e. The molecule has 3 aromatic carbocycles. The number of carbonyl (C=O) groups excluding carboxylic acids is 2. The summed E-state index contributed by atoms with van der Waals surface area (Å²) in [4.78, 5) is 28.1. The van der Waals surface area contributed by atoms with Gasteiger partial charge in [-0.2, -0.15) is 0 Å². The Morgan fingerprint density at radius 3 is 2.29 bits per heavy atom. The van der Waals surface area contributed by atoms with E-state index in [1.165, 1.54) is 55.7 Å². The molecule has 0 fully saturated rings. The summed E-state index contributed by atoms with van der Waals surface area (Å²) in [6, 6.07) is 17.7. The van der Waals surface area contributed by atoms with Crippen LogP contribution in [-0.2, 0) is 14.8 Å². The van der Waals surface area contributed by atoms with Gasteiger partial charge in [-0.05, 0) is 42.5 Å². The van der Waals surface area contributed by atoms with Crippen molar-refractivity contribution in [1.29, 1.82) is 0 Å². The van der Waals surface area contributed by atoms with E-state index in [0.717, 1.165) is 0 Å². The highest BCUT2D eigenvalue weighted by molar-refractivity contribution is 7.92. The molecule has 0 aliphatic carbocycles. The number of thiazole rings is 1. The third-order valence-corrected chi connectivity index (χ3v) is 6.99. The molecule has 3 N–H and O–H groups in total. The second-order valence-corrected chi connectivity index (χ2v) is 9.89. The van der Waals surface area contributed by atoms with Crippen LogP contribution in [0.4, 0.5) is 16.5 Å². The van der Waals surface area contributed by atoms with Gasteiger partial charge in [0.25, 0.3) is 15.9 Å². The van der Waals surface area contributed by atoms with Crippen LogP contribution < -0.4 is 20.1 Å². The van der Waals surface area contributed by atoms with E-state index in [1.807, 2.05) is 6.07 Å². The highest BCUT2D eigenvalue weighted by atomic mass is 32.2. The molecule has 0 atom stereocenters. The van der Waals surface area contributed by atoms with Gasteiger partial charge in [-0.25, -0.2) is 13.4 Å². The Kier molecular flexibility index (Phi) is 6.48. The number of nitrogens with zero attached hydrogens (tertiary/aromatic N) is 1. The van der Waals surface area contributed by atoms with Crippen LogP contribution in [0.2, 0.25) is 0 Å². The minimum absolute atomic E-state index is 0.0285. The van der Waals surface area contributed by atoms with E-state index in [2.05, 4.69) is 20.3 Å². The number of fused-ring (bicyclic) bond motifs is 1. The van der Waals surface area contributed by atoms with Crippen molar-refractivity contribution in [3.05, 3.63) is 72.3 Å². The summed E-state index contributed by atoms with van der Waals surface area (Å²) in [7, 11) is -2.45. The van der Waals surface area contributed by atoms with Crippen molar-refractivity contribution in [3.63, 3.8) is 0 Å². The van der Waals surface area contributed by atoms with Gasteiger partial charge >= 0.3 is 0 Å². The maximum atomic E-state index is 12.9. The van der Waals surface area contributed by atoms with Crippen LogP contribution in [0.25, 0.3) is 10.2 Å². The molecule has 1 aromatic heterocycles. The number of methoxy groups -OCH3 is 1. The summed E-state index contributed by atoms with van der Waals surface area (Å²) >= 11 is 1.20. The number of hydrogen-bond acceptors (Lipinski definition) is 7. The van der Waals surface area contributed by atoms with Gasteiger partial charge in [0, 0.05) is 24.2 Å². The molecule has 4 rings (SSSR count). The van der Waals surface area contributed by atoms with Crippen LogP contribution in [0.3, 0.4) is 0 Å². The predicted octanol–water partition coefficient (Wildman–Crippen LogP) is 4.32. The van der Waals surface area contributed by atoms with Gasteiger partial charge in [-0.1, -0.05) is 29.5 Å². The van der Waals surface area contributed by atoms with Crippen molar-refractivity contribution in [2.45, 2.75) is 11.8 Å². The van der Waals surface area contributed by atoms with E-state index >= 15 is 0 Å². The number of ether oxygens (including phenoxy) is 1. The fourth-order valence-electron chi connectivity index (χ4n) is 3.16. The Hall–Kier alpha value is -3.96. The van der Waals surface area contributed by atoms with E-state index in [1.54, 1.807) is 30.3 Å². The minimum Gasteiger partial charge on any atom is -0.494 e. The number of carbonyl (C=O) groups is 2. The number of rotatable bonds is 7. The average Bonchev–Trinajstić information content (AvgIpc) is 3.21. The summed E-state index contributed by atoms with van der Waals surface area (Å²) in [6.07, 6.45) is 0. The predicted molar refractivity (Wildman–Crippen MR) is 132 cm³/mol. The largest absolute Gasteiger partial charge is 0.494 e. The lowest BCUT2D eigenvalue weighted by Gasteiger charge is -2.10. The van der Waals surface area contributed by atoms with Crippen LogP contribution >= 0.6 is 11.3 Å². The monoisotopic (exact) mass is 496 g/mol. The highest BCUT2D eigenvalue weighted by Gasteiger charge is 2.18. The SMILES string of the molecule is COc1cc(NS(=O)(=O)c2ccc(NC(C)=O)cc2)cc2sc(NC(=O)c3ccccc3)nc12. The van der Waals surface area contributed by atoms with Gasteiger partial charge in [0.2, 0.25) is 5.91 Å².